The van der Waals surface area contributed by atoms with E-state index in [1.165, 1.54) is 13.8 Å². The third-order valence-electron chi connectivity index (χ3n) is 5.01. The lowest BCUT2D eigenvalue weighted by molar-refractivity contribution is -0.120. The molecular weight excluding hydrogens is 362 g/mol. The number of ketones is 1. The molecule has 4 nitrogen and oxygen atoms in total. The van der Waals surface area contributed by atoms with E-state index in [0.29, 0.717) is 24.3 Å². The molecule has 3 unspecified atom stereocenters. The van der Waals surface area contributed by atoms with Gasteiger partial charge in [0.05, 0.1) is 24.0 Å². The van der Waals surface area contributed by atoms with Crippen LogP contribution in [0.25, 0.3) is 0 Å². The van der Waals surface area contributed by atoms with Gasteiger partial charge in [0, 0.05) is 6.54 Å². The van der Waals surface area contributed by atoms with Gasteiger partial charge in [-0.1, -0.05) is 45.6 Å². The zero-order valence-electron chi connectivity index (χ0n) is 15.8. The van der Waals surface area contributed by atoms with Crippen molar-refractivity contribution in [3.8, 4) is 0 Å². The molecule has 0 aliphatic carbocycles. The predicted octanol–water partition coefficient (Wildman–Crippen LogP) is 4.10. The summed E-state index contributed by atoms with van der Waals surface area (Å²) in [6.07, 6.45) is 0. The molecule has 2 aromatic carbocycles. The molecular formula is C21H24FN2O2P. The standard InChI is InChI=1S/C21H24FN2O2P/c1-14(15(2)25)24-13-23(19-7-5-4-6-18(19)20(24)26)12-16-8-10-17(11-9-16)21(3,22)27/h4-11,14H,12-13,27H2,1-3H3. The Balaban J connectivity index is 1.91. The molecule has 0 radical (unpaired) electrons. The minimum Gasteiger partial charge on any atom is -0.349 e. The molecule has 0 N–H and O–H groups in total. The van der Waals surface area contributed by atoms with Crippen LogP contribution in [0.5, 0.6) is 0 Å². The molecule has 0 spiro atoms. The fourth-order valence-electron chi connectivity index (χ4n) is 3.22. The summed E-state index contributed by atoms with van der Waals surface area (Å²) in [7, 11) is 2.20. The van der Waals surface area contributed by atoms with E-state index >= 15 is 0 Å². The third-order valence-corrected chi connectivity index (χ3v) is 5.34. The molecule has 0 aromatic heterocycles. The number of hydrogen-bond donors (Lipinski definition) is 0. The second kappa shape index (κ2) is 7.40. The molecule has 2 aromatic rings. The topological polar surface area (TPSA) is 40.6 Å². The van der Waals surface area contributed by atoms with E-state index in [1.807, 2.05) is 30.3 Å². The SMILES string of the molecule is CC(=O)C(C)N1CN(Cc2ccc(C(C)(F)P)cc2)c2ccccc2C1=O. The number of amides is 1. The van der Waals surface area contributed by atoms with Crippen LogP contribution >= 0.6 is 9.24 Å². The van der Waals surface area contributed by atoms with Gasteiger partial charge in [0.2, 0.25) is 0 Å². The minimum atomic E-state index is -1.46. The Morgan fingerprint density at radius 3 is 2.44 bits per heavy atom. The van der Waals surface area contributed by atoms with Gasteiger partial charge < -0.3 is 9.80 Å². The number of alkyl halides is 1. The van der Waals surface area contributed by atoms with Crippen LogP contribution in [0.2, 0.25) is 0 Å². The number of hydrogen-bond acceptors (Lipinski definition) is 3. The van der Waals surface area contributed by atoms with Crippen molar-refractivity contribution in [1.82, 2.24) is 4.90 Å². The number of halogens is 1. The zero-order valence-corrected chi connectivity index (χ0v) is 16.9. The van der Waals surface area contributed by atoms with Crippen molar-refractivity contribution < 1.29 is 14.0 Å². The van der Waals surface area contributed by atoms with Gasteiger partial charge in [0.25, 0.3) is 5.91 Å². The van der Waals surface area contributed by atoms with E-state index in [2.05, 4.69) is 14.1 Å². The summed E-state index contributed by atoms with van der Waals surface area (Å²) >= 11 is 0. The van der Waals surface area contributed by atoms with E-state index in [9.17, 15) is 14.0 Å². The summed E-state index contributed by atoms with van der Waals surface area (Å²) in [5.41, 5.74) is 3.04. The Labute approximate surface area is 161 Å². The molecule has 3 atom stereocenters. The molecule has 1 amide bonds. The third kappa shape index (κ3) is 4.03. The van der Waals surface area contributed by atoms with Crippen LogP contribution in [-0.2, 0) is 16.7 Å². The highest BCUT2D eigenvalue weighted by Crippen LogP contribution is 2.33. The summed E-state index contributed by atoms with van der Waals surface area (Å²) in [5, 5.41) is -1.46. The molecule has 0 bridgehead atoms. The van der Waals surface area contributed by atoms with E-state index in [0.717, 1.165) is 11.3 Å². The fraction of sp³-hybridized carbons (Fsp3) is 0.333. The Bertz CT molecular complexity index is 861. The number of nitrogens with zero attached hydrogens (tertiary/aromatic N) is 2. The van der Waals surface area contributed by atoms with Gasteiger partial charge in [-0.25, -0.2) is 4.39 Å². The minimum absolute atomic E-state index is 0.0466. The quantitative estimate of drug-likeness (QED) is 0.727. The predicted molar refractivity (Wildman–Crippen MR) is 108 cm³/mol. The van der Waals surface area contributed by atoms with Gasteiger partial charge in [-0.05, 0) is 44.0 Å². The molecule has 0 saturated heterocycles. The number of fused-ring (bicyclic) bond motifs is 1. The van der Waals surface area contributed by atoms with Gasteiger partial charge >= 0.3 is 0 Å². The summed E-state index contributed by atoms with van der Waals surface area (Å²) in [5.74, 6) is -0.175. The number of Topliss-reactive ketones (excluding diaryl/α,β-unsaturated/α-hetero) is 1. The van der Waals surface area contributed by atoms with Crippen molar-refractivity contribution in [2.24, 2.45) is 0 Å². The number of carbonyl (C=O) groups is 2. The fourth-order valence-corrected chi connectivity index (χ4v) is 3.41. The Kier molecular flexibility index (Phi) is 5.34. The van der Waals surface area contributed by atoms with Crippen LogP contribution in [0.4, 0.5) is 10.1 Å². The monoisotopic (exact) mass is 386 g/mol. The highest BCUT2D eigenvalue weighted by molar-refractivity contribution is 7.18. The van der Waals surface area contributed by atoms with Crippen molar-refractivity contribution in [3.63, 3.8) is 0 Å². The number of para-hydroxylation sites is 1. The molecule has 1 aliphatic heterocycles. The average Bonchev–Trinajstić information content (AvgIpc) is 2.63. The maximum Gasteiger partial charge on any atom is 0.257 e. The van der Waals surface area contributed by atoms with Gasteiger partial charge in [0.15, 0.2) is 5.78 Å². The summed E-state index contributed by atoms with van der Waals surface area (Å²) in [6.45, 7) is 5.65. The summed E-state index contributed by atoms with van der Waals surface area (Å²) in [6, 6.07) is 14.3. The normalized spacial score (nSPS) is 17.3. The van der Waals surface area contributed by atoms with E-state index in [-0.39, 0.29) is 11.7 Å². The first-order valence-corrected chi connectivity index (χ1v) is 9.49. The Morgan fingerprint density at radius 1 is 1.22 bits per heavy atom. The largest absolute Gasteiger partial charge is 0.349 e. The van der Waals surface area contributed by atoms with Gasteiger partial charge in [-0.15, -0.1) is 0 Å². The summed E-state index contributed by atoms with van der Waals surface area (Å²) < 4.78 is 14.0. The first-order valence-electron chi connectivity index (χ1n) is 8.91. The number of rotatable bonds is 5. The lowest BCUT2D eigenvalue weighted by Gasteiger charge is -2.40. The number of benzene rings is 2. The molecule has 1 aliphatic rings. The molecule has 0 saturated carbocycles. The zero-order chi connectivity index (χ0) is 19.8. The lowest BCUT2D eigenvalue weighted by Crippen LogP contribution is -2.52. The highest BCUT2D eigenvalue weighted by atomic mass is 31.0. The van der Waals surface area contributed by atoms with Crippen LogP contribution in [0.3, 0.4) is 0 Å². The van der Waals surface area contributed by atoms with Crippen molar-refractivity contribution >= 4 is 26.6 Å². The smallest absolute Gasteiger partial charge is 0.257 e. The van der Waals surface area contributed by atoms with Crippen molar-refractivity contribution in [2.75, 3.05) is 11.6 Å². The maximum atomic E-state index is 14.0. The van der Waals surface area contributed by atoms with Gasteiger partial charge in [-0.3, -0.25) is 9.59 Å². The molecule has 3 rings (SSSR count). The maximum absolute atomic E-state index is 14.0. The molecule has 0 fully saturated rings. The Morgan fingerprint density at radius 2 is 1.85 bits per heavy atom. The van der Waals surface area contributed by atoms with Crippen LogP contribution < -0.4 is 4.90 Å². The number of carbonyl (C=O) groups excluding carboxylic acids is 2. The van der Waals surface area contributed by atoms with E-state index < -0.39 is 11.5 Å². The Hall–Kier alpha value is -2.26. The molecule has 142 valence electrons. The van der Waals surface area contributed by atoms with E-state index in [4.69, 9.17) is 0 Å². The first kappa shape index (κ1) is 19.5. The molecule has 6 heteroatoms. The van der Waals surface area contributed by atoms with Crippen LogP contribution in [0.15, 0.2) is 48.5 Å². The molecule has 1 heterocycles. The van der Waals surface area contributed by atoms with Crippen LogP contribution in [0, 0.1) is 0 Å². The van der Waals surface area contributed by atoms with Crippen LogP contribution in [0.1, 0.15) is 42.3 Å². The van der Waals surface area contributed by atoms with Gasteiger partial charge in [-0.2, -0.15) is 0 Å². The first-order chi connectivity index (χ1) is 12.7. The van der Waals surface area contributed by atoms with Crippen molar-refractivity contribution in [1.29, 1.82) is 0 Å². The molecule has 27 heavy (non-hydrogen) atoms. The summed E-state index contributed by atoms with van der Waals surface area (Å²) in [4.78, 5) is 28.3. The average molecular weight is 386 g/mol. The van der Waals surface area contributed by atoms with Gasteiger partial charge in [0.1, 0.15) is 5.41 Å². The number of anilines is 1. The highest BCUT2D eigenvalue weighted by Gasteiger charge is 2.33. The lowest BCUT2D eigenvalue weighted by atomic mass is 10.0. The van der Waals surface area contributed by atoms with E-state index in [1.54, 1.807) is 30.0 Å². The second-order valence-corrected chi connectivity index (χ2v) is 8.27. The van der Waals surface area contributed by atoms with Crippen LogP contribution in [-0.4, -0.2) is 29.3 Å². The van der Waals surface area contributed by atoms with Crippen molar-refractivity contribution in [2.45, 2.75) is 38.8 Å². The second-order valence-electron chi connectivity index (χ2n) is 7.19. The van der Waals surface area contributed by atoms with Crippen molar-refractivity contribution in [3.05, 3.63) is 65.2 Å².